The van der Waals surface area contributed by atoms with Crippen LogP contribution in [0.3, 0.4) is 0 Å². The van der Waals surface area contributed by atoms with Crippen molar-refractivity contribution in [2.75, 3.05) is 25.1 Å². The molecule has 0 atom stereocenters. The zero-order chi connectivity index (χ0) is 10.2. The molecule has 1 aliphatic carbocycles. The predicted octanol–water partition coefficient (Wildman–Crippen LogP) is 0.905. The van der Waals surface area contributed by atoms with Gasteiger partial charge >= 0.3 is 0 Å². The maximum Gasteiger partial charge on any atom is 0.147 e. The Balaban J connectivity index is 1.77. The summed E-state index contributed by atoms with van der Waals surface area (Å²) in [5, 5.41) is 0. The lowest BCUT2D eigenvalue weighted by molar-refractivity contribution is 0.185. The number of hydrogen-bond acceptors (Lipinski definition) is 3. The van der Waals surface area contributed by atoms with Crippen molar-refractivity contribution in [1.29, 1.82) is 0 Å². The van der Waals surface area contributed by atoms with Crippen LogP contribution in [0.25, 0.3) is 0 Å². The summed E-state index contributed by atoms with van der Waals surface area (Å²) in [4.78, 5) is 2.53. The van der Waals surface area contributed by atoms with Crippen LogP contribution in [0.15, 0.2) is 0 Å². The summed E-state index contributed by atoms with van der Waals surface area (Å²) in [6.45, 7) is 2.23. The molecule has 0 N–H and O–H groups in total. The largest absolute Gasteiger partial charge is 0.300 e. The van der Waals surface area contributed by atoms with E-state index in [1.54, 1.807) is 0 Å². The molecule has 0 bridgehead atoms. The van der Waals surface area contributed by atoms with E-state index < -0.39 is 9.84 Å². The average Bonchev–Trinajstić information content (AvgIpc) is 2.85. The number of piperidine rings is 1. The summed E-state index contributed by atoms with van der Waals surface area (Å²) < 4.78 is 22.2. The van der Waals surface area contributed by atoms with Gasteiger partial charge in [0.15, 0.2) is 0 Å². The molecule has 2 rings (SSSR count). The molecule has 1 aliphatic heterocycles. The second-order valence-electron chi connectivity index (χ2n) is 4.80. The minimum Gasteiger partial charge on any atom is -0.300 e. The van der Waals surface area contributed by atoms with E-state index in [0.717, 1.165) is 32.0 Å². The van der Waals surface area contributed by atoms with Crippen LogP contribution in [-0.4, -0.2) is 44.5 Å². The smallest absolute Gasteiger partial charge is 0.147 e. The van der Waals surface area contributed by atoms with Crippen LogP contribution in [0.1, 0.15) is 25.7 Å². The maximum absolute atomic E-state index is 11.1. The van der Waals surface area contributed by atoms with Crippen molar-refractivity contribution >= 4 is 9.84 Å². The lowest BCUT2D eigenvalue weighted by Crippen LogP contribution is -2.37. The first-order valence-corrected chi connectivity index (χ1v) is 7.52. The lowest BCUT2D eigenvalue weighted by Gasteiger charge is -2.31. The Morgan fingerprint density at radius 3 is 2.14 bits per heavy atom. The van der Waals surface area contributed by atoms with Gasteiger partial charge in [-0.3, -0.25) is 0 Å². The standard InChI is InChI=1S/C10H19NO2S/c1-14(12,13)8-9-4-6-11(7-5-9)10-2-3-10/h9-10H,2-8H2,1H3. The van der Waals surface area contributed by atoms with Crippen LogP contribution < -0.4 is 0 Å². The van der Waals surface area contributed by atoms with Gasteiger partial charge in [-0.05, 0) is 44.7 Å². The Morgan fingerprint density at radius 1 is 1.14 bits per heavy atom. The topological polar surface area (TPSA) is 37.4 Å². The summed E-state index contributed by atoms with van der Waals surface area (Å²) in [6, 6.07) is 0.842. The Hall–Kier alpha value is -0.0900. The third kappa shape index (κ3) is 2.95. The number of rotatable bonds is 3. The molecule has 2 aliphatic rings. The number of sulfone groups is 1. The van der Waals surface area contributed by atoms with Crippen molar-refractivity contribution in [2.24, 2.45) is 5.92 Å². The van der Waals surface area contributed by atoms with Crippen LogP contribution in [0, 0.1) is 5.92 Å². The van der Waals surface area contributed by atoms with E-state index >= 15 is 0 Å². The third-order valence-electron chi connectivity index (χ3n) is 3.25. The zero-order valence-electron chi connectivity index (χ0n) is 8.78. The second kappa shape index (κ2) is 3.81. The second-order valence-corrected chi connectivity index (χ2v) is 6.99. The van der Waals surface area contributed by atoms with Gasteiger partial charge in [0.05, 0.1) is 5.75 Å². The highest BCUT2D eigenvalue weighted by molar-refractivity contribution is 7.90. The van der Waals surface area contributed by atoms with Crippen molar-refractivity contribution < 1.29 is 8.42 Å². The minimum absolute atomic E-state index is 0.394. The predicted molar refractivity (Wildman–Crippen MR) is 57.0 cm³/mol. The van der Waals surface area contributed by atoms with E-state index in [0.29, 0.717) is 11.7 Å². The minimum atomic E-state index is -2.76. The van der Waals surface area contributed by atoms with E-state index in [4.69, 9.17) is 0 Å². The molecule has 1 saturated carbocycles. The molecule has 1 heterocycles. The maximum atomic E-state index is 11.1. The molecule has 0 aromatic heterocycles. The van der Waals surface area contributed by atoms with Crippen molar-refractivity contribution in [3.05, 3.63) is 0 Å². The number of nitrogens with zero attached hydrogens (tertiary/aromatic N) is 1. The molecule has 2 fully saturated rings. The summed E-state index contributed by atoms with van der Waals surface area (Å²) >= 11 is 0. The Labute approximate surface area is 86.4 Å². The van der Waals surface area contributed by atoms with Crippen LogP contribution >= 0.6 is 0 Å². The van der Waals surface area contributed by atoms with E-state index in [9.17, 15) is 8.42 Å². The van der Waals surface area contributed by atoms with Crippen molar-refractivity contribution in [3.8, 4) is 0 Å². The summed E-state index contributed by atoms with van der Waals surface area (Å²) in [7, 11) is -2.76. The molecular formula is C10H19NO2S. The van der Waals surface area contributed by atoms with Crippen molar-refractivity contribution in [1.82, 2.24) is 4.90 Å². The molecular weight excluding hydrogens is 198 g/mol. The van der Waals surface area contributed by atoms with Crippen molar-refractivity contribution in [2.45, 2.75) is 31.7 Å². The fraction of sp³-hybridized carbons (Fsp3) is 1.00. The van der Waals surface area contributed by atoms with Gasteiger partial charge in [-0.2, -0.15) is 0 Å². The van der Waals surface area contributed by atoms with E-state index in [2.05, 4.69) is 4.90 Å². The SMILES string of the molecule is CS(=O)(=O)CC1CCN(C2CC2)CC1. The van der Waals surface area contributed by atoms with Crippen molar-refractivity contribution in [3.63, 3.8) is 0 Å². The fourth-order valence-electron chi connectivity index (χ4n) is 2.35. The zero-order valence-corrected chi connectivity index (χ0v) is 9.59. The van der Waals surface area contributed by atoms with Crippen LogP contribution in [0.4, 0.5) is 0 Å². The summed E-state index contributed by atoms with van der Waals surface area (Å²) in [5.74, 6) is 0.811. The molecule has 4 heteroatoms. The highest BCUT2D eigenvalue weighted by Crippen LogP contribution is 2.30. The van der Waals surface area contributed by atoms with Gasteiger partial charge in [0.1, 0.15) is 9.84 Å². The molecule has 0 aromatic rings. The fourth-order valence-corrected chi connectivity index (χ4v) is 3.54. The van der Waals surface area contributed by atoms with E-state index in [1.807, 2.05) is 0 Å². The summed E-state index contributed by atoms with van der Waals surface area (Å²) in [6.07, 6.45) is 6.21. The summed E-state index contributed by atoms with van der Waals surface area (Å²) in [5.41, 5.74) is 0. The molecule has 0 amide bonds. The molecule has 0 unspecified atom stereocenters. The highest BCUT2D eigenvalue weighted by atomic mass is 32.2. The van der Waals surface area contributed by atoms with Gasteiger partial charge in [-0.1, -0.05) is 0 Å². The molecule has 3 nitrogen and oxygen atoms in total. The van der Waals surface area contributed by atoms with Gasteiger partial charge in [0.2, 0.25) is 0 Å². The van der Waals surface area contributed by atoms with Crippen LogP contribution in [-0.2, 0) is 9.84 Å². The van der Waals surface area contributed by atoms with Gasteiger partial charge in [0.25, 0.3) is 0 Å². The number of hydrogen-bond donors (Lipinski definition) is 0. The molecule has 14 heavy (non-hydrogen) atoms. The Morgan fingerprint density at radius 2 is 1.71 bits per heavy atom. The van der Waals surface area contributed by atoms with Crippen LogP contribution in [0.2, 0.25) is 0 Å². The Bertz CT molecular complexity index is 287. The van der Waals surface area contributed by atoms with Gasteiger partial charge < -0.3 is 4.90 Å². The lowest BCUT2D eigenvalue weighted by atomic mass is 9.99. The van der Waals surface area contributed by atoms with Gasteiger partial charge in [-0.15, -0.1) is 0 Å². The average molecular weight is 217 g/mol. The van der Waals surface area contributed by atoms with Gasteiger partial charge in [-0.25, -0.2) is 8.42 Å². The molecule has 0 radical (unpaired) electrons. The first-order valence-electron chi connectivity index (χ1n) is 5.46. The van der Waals surface area contributed by atoms with Gasteiger partial charge in [0, 0.05) is 12.3 Å². The monoisotopic (exact) mass is 217 g/mol. The first kappa shape index (κ1) is 10.4. The normalized spacial score (nSPS) is 26.6. The molecule has 82 valence electrons. The highest BCUT2D eigenvalue weighted by Gasteiger charge is 2.32. The van der Waals surface area contributed by atoms with E-state index in [-0.39, 0.29) is 0 Å². The quantitative estimate of drug-likeness (QED) is 0.705. The van der Waals surface area contributed by atoms with Crippen LogP contribution in [0.5, 0.6) is 0 Å². The molecule has 1 saturated heterocycles. The Kier molecular flexibility index (Phi) is 2.84. The number of likely N-dealkylation sites (tertiary alicyclic amines) is 1. The van der Waals surface area contributed by atoms with E-state index in [1.165, 1.54) is 19.1 Å². The first-order chi connectivity index (χ1) is 6.54. The molecule has 0 aromatic carbocycles. The third-order valence-corrected chi connectivity index (χ3v) is 4.33. The molecule has 0 spiro atoms.